The van der Waals surface area contributed by atoms with Crippen LogP contribution in [0.1, 0.15) is 77.0 Å². The van der Waals surface area contributed by atoms with Crippen LogP contribution in [0.25, 0.3) is 0 Å². The summed E-state index contributed by atoms with van der Waals surface area (Å²) in [5.41, 5.74) is 4.86. The van der Waals surface area contributed by atoms with Crippen molar-refractivity contribution in [3.8, 4) is 0 Å². The first kappa shape index (κ1) is 19.2. The van der Waals surface area contributed by atoms with Crippen molar-refractivity contribution in [1.82, 2.24) is 0 Å². The van der Waals surface area contributed by atoms with E-state index in [4.69, 9.17) is 15.9 Å². The molecule has 0 fully saturated rings. The van der Waals surface area contributed by atoms with Crippen molar-refractivity contribution in [2.75, 3.05) is 6.61 Å². The average molecular weight is 289 g/mol. The summed E-state index contributed by atoms with van der Waals surface area (Å²) in [5, 5.41) is 17.4. The Hall–Kier alpha value is -0.810. The second-order valence-corrected chi connectivity index (χ2v) is 5.33. The van der Waals surface area contributed by atoms with Crippen molar-refractivity contribution in [3.05, 3.63) is 0 Å². The molecule has 0 unspecified atom stereocenters. The fraction of sp³-hybridized carbons (Fsp3) is 0.933. The smallest absolute Gasteiger partial charge is 0.404 e. The number of rotatable bonds is 14. The number of hydrogen-bond donors (Lipinski definition) is 3. The first-order valence-corrected chi connectivity index (χ1v) is 7.91. The van der Waals surface area contributed by atoms with Crippen LogP contribution in [0.15, 0.2) is 0 Å². The molecule has 0 aromatic heterocycles. The third-order valence-corrected chi connectivity index (χ3v) is 3.35. The molecule has 5 nitrogen and oxygen atoms in total. The molecule has 20 heavy (non-hydrogen) atoms. The average Bonchev–Trinajstić information content (AvgIpc) is 2.38. The molecular weight excluding hydrogens is 258 g/mol. The van der Waals surface area contributed by atoms with E-state index in [9.17, 15) is 4.79 Å². The second-order valence-electron chi connectivity index (χ2n) is 5.33. The van der Waals surface area contributed by atoms with Crippen molar-refractivity contribution in [2.24, 2.45) is 5.73 Å². The first-order valence-electron chi connectivity index (χ1n) is 7.91. The van der Waals surface area contributed by atoms with E-state index in [0.717, 1.165) is 25.7 Å². The Morgan fingerprint density at radius 1 is 0.800 bits per heavy atom. The van der Waals surface area contributed by atoms with Crippen LogP contribution in [-0.4, -0.2) is 29.2 Å². The molecule has 0 aliphatic heterocycles. The summed E-state index contributed by atoms with van der Waals surface area (Å²) >= 11 is 0. The maximum Gasteiger partial charge on any atom is 0.404 e. The number of aliphatic hydroxyl groups is 2. The largest absolute Gasteiger partial charge is 0.450 e. The van der Waals surface area contributed by atoms with E-state index in [-0.39, 0.29) is 0 Å². The zero-order valence-corrected chi connectivity index (χ0v) is 12.6. The van der Waals surface area contributed by atoms with Gasteiger partial charge in [-0.25, -0.2) is 4.79 Å². The Morgan fingerprint density at radius 2 is 1.20 bits per heavy atom. The molecule has 120 valence electrons. The molecule has 0 heterocycles. The van der Waals surface area contributed by atoms with Gasteiger partial charge in [0.1, 0.15) is 0 Å². The van der Waals surface area contributed by atoms with Gasteiger partial charge in [-0.1, -0.05) is 57.8 Å². The van der Waals surface area contributed by atoms with Crippen molar-refractivity contribution in [2.45, 2.75) is 83.3 Å². The number of amides is 1. The molecule has 0 rings (SSSR count). The molecule has 0 saturated carbocycles. The molecule has 0 saturated heterocycles. The first-order chi connectivity index (χ1) is 9.63. The number of carbonyl (C=O) groups excluding carboxylic acids is 1. The van der Waals surface area contributed by atoms with Gasteiger partial charge in [-0.15, -0.1) is 0 Å². The van der Waals surface area contributed by atoms with Crippen molar-refractivity contribution < 1.29 is 19.7 Å². The van der Waals surface area contributed by atoms with Crippen LogP contribution in [0.3, 0.4) is 0 Å². The Labute approximate surface area is 122 Å². The predicted molar refractivity (Wildman–Crippen MR) is 79.2 cm³/mol. The van der Waals surface area contributed by atoms with E-state index in [1.807, 2.05) is 0 Å². The molecule has 0 aromatic carbocycles. The number of primary amides is 1. The lowest BCUT2D eigenvalue weighted by molar-refractivity contribution is -0.0466. The van der Waals surface area contributed by atoms with Crippen LogP contribution in [0.5, 0.6) is 0 Å². The molecule has 0 bridgehead atoms. The lowest BCUT2D eigenvalue weighted by Crippen LogP contribution is -2.13. The number of unbranched alkanes of at least 4 members (excludes halogenated alkanes) is 10. The molecule has 0 radical (unpaired) electrons. The van der Waals surface area contributed by atoms with Gasteiger partial charge in [0, 0.05) is 0 Å². The van der Waals surface area contributed by atoms with E-state index in [2.05, 4.69) is 4.74 Å². The van der Waals surface area contributed by atoms with Gasteiger partial charge in [-0.3, -0.25) is 0 Å². The van der Waals surface area contributed by atoms with Gasteiger partial charge in [-0.05, 0) is 19.3 Å². The Morgan fingerprint density at radius 3 is 1.60 bits per heavy atom. The van der Waals surface area contributed by atoms with Gasteiger partial charge < -0.3 is 20.7 Å². The van der Waals surface area contributed by atoms with E-state index < -0.39 is 12.4 Å². The van der Waals surface area contributed by atoms with Crippen molar-refractivity contribution in [3.63, 3.8) is 0 Å². The maximum absolute atomic E-state index is 10.3. The second kappa shape index (κ2) is 14.6. The highest BCUT2D eigenvalue weighted by Crippen LogP contribution is 2.12. The third kappa shape index (κ3) is 17.2. The minimum absolute atomic E-state index is 0.442. The normalized spacial score (nSPS) is 10.9. The van der Waals surface area contributed by atoms with Crippen LogP contribution in [0.2, 0.25) is 0 Å². The molecule has 4 N–H and O–H groups in total. The van der Waals surface area contributed by atoms with Gasteiger partial charge in [-0.2, -0.15) is 0 Å². The lowest BCUT2D eigenvalue weighted by atomic mass is 10.1. The van der Waals surface area contributed by atoms with Crippen molar-refractivity contribution >= 4 is 6.09 Å². The van der Waals surface area contributed by atoms with Gasteiger partial charge in [0.2, 0.25) is 0 Å². The quantitative estimate of drug-likeness (QED) is 0.338. The third-order valence-electron chi connectivity index (χ3n) is 3.35. The van der Waals surface area contributed by atoms with Gasteiger partial charge in [0.15, 0.2) is 6.29 Å². The van der Waals surface area contributed by atoms with Gasteiger partial charge >= 0.3 is 6.09 Å². The van der Waals surface area contributed by atoms with Crippen LogP contribution in [0.4, 0.5) is 4.79 Å². The van der Waals surface area contributed by atoms with Crippen LogP contribution >= 0.6 is 0 Å². The fourth-order valence-corrected chi connectivity index (χ4v) is 2.19. The highest BCUT2D eigenvalue weighted by Gasteiger charge is 1.97. The number of carbonyl (C=O) groups is 1. The zero-order chi connectivity index (χ0) is 15.1. The van der Waals surface area contributed by atoms with Crippen LogP contribution < -0.4 is 5.73 Å². The molecule has 0 aliphatic rings. The Kier molecular flexibility index (Phi) is 14.0. The summed E-state index contributed by atoms with van der Waals surface area (Å²) < 4.78 is 4.66. The van der Waals surface area contributed by atoms with E-state index in [0.29, 0.717) is 13.0 Å². The van der Waals surface area contributed by atoms with Gasteiger partial charge in [0.25, 0.3) is 0 Å². The molecule has 0 spiro atoms. The Bertz CT molecular complexity index is 222. The highest BCUT2D eigenvalue weighted by atomic mass is 16.5. The monoisotopic (exact) mass is 289 g/mol. The standard InChI is InChI=1S/C15H31NO4/c16-15(19)20-13-11-9-7-5-3-1-2-4-6-8-10-12-14(17)18/h14,17-18H,1-13H2,(H2,16,19). The van der Waals surface area contributed by atoms with E-state index in [1.54, 1.807) is 0 Å². The summed E-state index contributed by atoms with van der Waals surface area (Å²) in [6, 6.07) is 0. The van der Waals surface area contributed by atoms with E-state index >= 15 is 0 Å². The Balaban J connectivity index is 2.97. The SMILES string of the molecule is NC(=O)OCCCCCCCCCCCCCC(O)O. The zero-order valence-electron chi connectivity index (χ0n) is 12.6. The topological polar surface area (TPSA) is 92.8 Å². The van der Waals surface area contributed by atoms with Crippen LogP contribution in [-0.2, 0) is 4.74 Å². The summed E-state index contributed by atoms with van der Waals surface area (Å²) in [5.74, 6) is 0. The summed E-state index contributed by atoms with van der Waals surface area (Å²) in [7, 11) is 0. The number of aliphatic hydroxyl groups excluding tert-OH is 1. The molecule has 0 aliphatic carbocycles. The fourth-order valence-electron chi connectivity index (χ4n) is 2.19. The minimum Gasteiger partial charge on any atom is -0.450 e. The predicted octanol–water partition coefficient (Wildman–Crippen LogP) is 3.07. The lowest BCUT2D eigenvalue weighted by Gasteiger charge is -2.04. The summed E-state index contributed by atoms with van der Waals surface area (Å²) in [6.07, 6.45) is 11.4. The minimum atomic E-state index is -1.14. The summed E-state index contributed by atoms with van der Waals surface area (Å²) in [6.45, 7) is 0.442. The number of ether oxygens (including phenoxy) is 1. The van der Waals surface area contributed by atoms with Crippen LogP contribution in [0, 0.1) is 0 Å². The van der Waals surface area contributed by atoms with Crippen molar-refractivity contribution in [1.29, 1.82) is 0 Å². The number of nitrogens with two attached hydrogens (primary N) is 1. The molecular formula is C15H31NO4. The molecule has 1 amide bonds. The molecule has 0 atom stereocenters. The molecule has 5 heteroatoms. The van der Waals surface area contributed by atoms with Gasteiger partial charge in [0.05, 0.1) is 6.61 Å². The molecule has 0 aromatic rings. The van der Waals surface area contributed by atoms with E-state index in [1.165, 1.54) is 44.9 Å². The highest BCUT2D eigenvalue weighted by molar-refractivity contribution is 5.64. The number of hydrogen-bond acceptors (Lipinski definition) is 4. The summed E-state index contributed by atoms with van der Waals surface area (Å²) in [4.78, 5) is 10.3. The maximum atomic E-state index is 10.3.